The van der Waals surface area contributed by atoms with E-state index in [-0.39, 0.29) is 26.2 Å². The number of hydrogen-bond acceptors (Lipinski definition) is 1. The van der Waals surface area contributed by atoms with Crippen LogP contribution in [0.4, 0.5) is 0 Å². The molecule has 133 valence electrons. The van der Waals surface area contributed by atoms with Crippen LogP contribution >= 0.6 is 34.8 Å². The van der Waals surface area contributed by atoms with Gasteiger partial charge in [0.25, 0.3) is 0 Å². The Balaban J connectivity index is 0.000000954. The molecule has 0 unspecified atom stereocenters. The Morgan fingerprint density at radius 1 is 0.875 bits per heavy atom. The van der Waals surface area contributed by atoms with Crippen LogP contribution in [0.1, 0.15) is 11.1 Å². The van der Waals surface area contributed by atoms with Crippen LogP contribution in [0.15, 0.2) is 70.8 Å². The van der Waals surface area contributed by atoms with E-state index in [2.05, 4.69) is 19.2 Å². The number of hydrogen-bond donors (Lipinski definition) is 0. The van der Waals surface area contributed by atoms with E-state index < -0.39 is 4.30 Å². The first-order valence-corrected chi connectivity index (χ1v) is 8.66. The Morgan fingerprint density at radius 3 is 1.75 bits per heavy atom. The third kappa shape index (κ3) is 11.4. The fourth-order valence-electron chi connectivity index (χ4n) is 1.57. The number of benzene rings is 2. The van der Waals surface area contributed by atoms with Gasteiger partial charge in [-0.2, -0.15) is 0 Å². The van der Waals surface area contributed by atoms with E-state index in [4.69, 9.17) is 34.8 Å². The zero-order valence-electron chi connectivity index (χ0n) is 12.3. The predicted octanol–water partition coefficient (Wildman–Crippen LogP) is 5.84. The Bertz CT molecular complexity index is 654. The maximum atomic E-state index is 11.9. The number of halogens is 3. The number of carbonyl (C=O) groups excluding carboxylic acids is 1. The molecule has 1 nitrogen and oxygen atoms in total. The van der Waals surface area contributed by atoms with Gasteiger partial charge in [-0.15, -0.1) is 0 Å². The van der Waals surface area contributed by atoms with Crippen LogP contribution < -0.4 is 0 Å². The van der Waals surface area contributed by atoms with Gasteiger partial charge in [-0.1, -0.05) is 34.8 Å². The summed E-state index contributed by atoms with van der Waals surface area (Å²) >= 11 is 17.4. The molecule has 0 amide bonds. The van der Waals surface area contributed by atoms with E-state index in [9.17, 15) is 4.79 Å². The molecular formula is C18H14Cl3OPd2. The molecule has 0 radical (unpaired) electrons. The summed E-state index contributed by atoms with van der Waals surface area (Å²) in [6, 6.07) is 19.5. The summed E-state index contributed by atoms with van der Waals surface area (Å²) in [5.41, 5.74) is 2.02. The summed E-state index contributed by atoms with van der Waals surface area (Å²) in [6.45, 7) is 0. The first kappa shape index (κ1) is 23.8. The van der Waals surface area contributed by atoms with Crippen molar-refractivity contribution in [2.75, 3.05) is 0 Å². The van der Waals surface area contributed by atoms with Gasteiger partial charge in [0.05, 0.1) is 0 Å². The third-order valence-corrected chi connectivity index (χ3v) is 3.14. The van der Waals surface area contributed by atoms with E-state index in [0.29, 0.717) is 4.05 Å². The molecule has 0 aliphatic heterocycles. The van der Waals surface area contributed by atoms with Crippen LogP contribution in [0, 0.1) is 0 Å². The fraction of sp³-hybridized carbons (Fsp3) is 0.0556. The monoisotopic (exact) mass is 563 g/mol. The molecule has 0 atom stereocenters. The molecule has 2 rings (SSSR count). The quantitative estimate of drug-likeness (QED) is 0.259. The third-order valence-electron chi connectivity index (χ3n) is 2.53. The second-order valence-electron chi connectivity index (χ2n) is 4.23. The number of rotatable bonds is 4. The molecule has 0 aliphatic rings. The molecule has 0 aliphatic carbocycles. The molecule has 0 saturated carbocycles. The van der Waals surface area contributed by atoms with Crippen LogP contribution in [0.5, 0.6) is 0 Å². The number of allylic oxidation sites excluding steroid dienone is 2. The Kier molecular flexibility index (Phi) is 13.9. The normalized spacial score (nSPS) is 10.8. The molecule has 2 aromatic rings. The number of carbonyl (C=O) groups is 1. The van der Waals surface area contributed by atoms with E-state index in [1.165, 1.54) is 0 Å². The summed E-state index contributed by atoms with van der Waals surface area (Å²) in [5.74, 6) is -0.0318. The van der Waals surface area contributed by atoms with Crippen molar-refractivity contribution in [3.63, 3.8) is 0 Å². The molecule has 6 heteroatoms. The summed E-state index contributed by atoms with van der Waals surface area (Å²) in [6.07, 6.45) is 5.23. The van der Waals surface area contributed by atoms with Gasteiger partial charge in [0.15, 0.2) is 4.30 Å². The van der Waals surface area contributed by atoms with Crippen LogP contribution in [0.2, 0.25) is 0 Å². The molecular weight excluding hydrogens is 551 g/mol. The smallest absolute Gasteiger partial charge is 0 e. The second kappa shape index (κ2) is 14.0. The maximum absolute atomic E-state index is 11.9. The minimum atomic E-state index is -0.750. The Hall–Kier alpha value is -0.215. The molecule has 0 bridgehead atoms. The number of ketones is 1. The van der Waals surface area contributed by atoms with Gasteiger partial charge in [0.2, 0.25) is 0 Å². The summed E-state index contributed by atoms with van der Waals surface area (Å²) < 4.78 is -0.165. The van der Waals surface area contributed by atoms with E-state index in [0.717, 1.165) is 11.1 Å². The number of alkyl halides is 3. The van der Waals surface area contributed by atoms with Crippen LogP contribution in [0.25, 0.3) is 12.2 Å². The second-order valence-corrected chi connectivity index (χ2v) is 7.04. The van der Waals surface area contributed by atoms with E-state index in [1.54, 1.807) is 6.08 Å². The molecule has 0 saturated heterocycles. The zero-order valence-corrected chi connectivity index (χ0v) is 17.6. The minimum Gasteiger partial charge on any atom is 0 e. The summed E-state index contributed by atoms with van der Waals surface area (Å²) in [7, 11) is 0. The molecule has 0 spiro atoms. The van der Waals surface area contributed by atoms with Crippen molar-refractivity contribution < 1.29 is 44.4 Å². The van der Waals surface area contributed by atoms with Crippen molar-refractivity contribution in [2.24, 2.45) is 0 Å². The molecule has 0 aromatic heterocycles. The Morgan fingerprint density at radius 2 is 1.29 bits per heavy atom. The van der Waals surface area contributed by atoms with Gasteiger partial charge in [-0.3, -0.25) is 0 Å². The molecule has 0 heterocycles. The average molecular weight is 566 g/mol. The van der Waals surface area contributed by atoms with Crippen molar-refractivity contribution in [1.29, 1.82) is 0 Å². The average Bonchev–Trinajstić information content (AvgIpc) is 2.54. The van der Waals surface area contributed by atoms with Gasteiger partial charge >= 0.3 is 124 Å². The molecule has 0 N–H and O–H groups in total. The van der Waals surface area contributed by atoms with Crippen LogP contribution in [-0.4, -0.2) is 10.1 Å². The van der Waals surface area contributed by atoms with Crippen molar-refractivity contribution in [1.82, 2.24) is 0 Å². The van der Waals surface area contributed by atoms with Crippen molar-refractivity contribution >= 4 is 52.7 Å². The minimum absolute atomic E-state index is 0. The van der Waals surface area contributed by atoms with Gasteiger partial charge in [-0.25, -0.2) is 0 Å². The zero-order chi connectivity index (χ0) is 17.1. The molecule has 0 fully saturated rings. The molecule has 24 heavy (non-hydrogen) atoms. The van der Waals surface area contributed by atoms with E-state index in [1.807, 2.05) is 72.8 Å². The topological polar surface area (TPSA) is 17.1 Å². The first-order chi connectivity index (χ1) is 11.0. The van der Waals surface area contributed by atoms with Crippen molar-refractivity contribution in [3.05, 3.63) is 81.9 Å². The predicted molar refractivity (Wildman–Crippen MR) is 96.2 cm³/mol. The van der Waals surface area contributed by atoms with Crippen molar-refractivity contribution in [3.8, 4) is 0 Å². The van der Waals surface area contributed by atoms with Gasteiger partial charge < -0.3 is 0 Å². The standard InChI is InChI=1S/C17H13O.CHCl3.2Pd/c18-17(13-11-15-7-3-1-4-8-15)14-12-16-9-5-2-6-10-16;2-1(3)4;;/h1-13H;1H;;. The largest absolute Gasteiger partial charge is 0 e. The van der Waals surface area contributed by atoms with Crippen LogP contribution in [0.3, 0.4) is 0 Å². The van der Waals surface area contributed by atoms with Crippen molar-refractivity contribution in [2.45, 2.75) is 4.30 Å². The van der Waals surface area contributed by atoms with Gasteiger partial charge in [-0.05, 0) is 0 Å². The maximum Gasteiger partial charge on any atom is 0 e. The SMILES string of the molecule is ClC(Cl)Cl.O=C(C=Cc1ccccc1)[C]([Pd])=Cc1ccccc1.[Pd]. The first-order valence-electron chi connectivity index (χ1n) is 6.58. The van der Waals surface area contributed by atoms with Crippen LogP contribution in [-0.2, 0) is 44.4 Å². The van der Waals surface area contributed by atoms with Gasteiger partial charge in [0, 0.05) is 20.4 Å². The van der Waals surface area contributed by atoms with E-state index >= 15 is 0 Å². The fourth-order valence-corrected chi connectivity index (χ4v) is 1.96. The summed E-state index contributed by atoms with van der Waals surface area (Å²) in [5, 5.41) is 0. The molecule has 2 aromatic carbocycles. The van der Waals surface area contributed by atoms with Gasteiger partial charge in [0.1, 0.15) is 0 Å². The summed E-state index contributed by atoms with van der Waals surface area (Å²) in [4.78, 5) is 11.9. The Labute approximate surface area is 182 Å².